The van der Waals surface area contributed by atoms with Crippen LogP contribution in [0.15, 0.2) is 45.6 Å². The average molecular weight is 757 g/mol. The van der Waals surface area contributed by atoms with E-state index >= 15 is 0 Å². The fourth-order valence-corrected chi connectivity index (χ4v) is 6.23. The Morgan fingerprint density at radius 2 is 1.25 bits per heavy atom. The molecule has 12 N–H and O–H groups in total. The first-order chi connectivity index (χ1) is 25.1. The molecule has 6 rings (SSSR count). The number of hydrogen-bond donors (Lipinski definition) is 12. The summed E-state index contributed by atoms with van der Waals surface area (Å²) >= 11 is 0. The van der Waals surface area contributed by atoms with Gasteiger partial charge in [0.05, 0.1) is 19.3 Å². The van der Waals surface area contributed by atoms with E-state index in [1.165, 1.54) is 31.2 Å². The van der Waals surface area contributed by atoms with E-state index in [-0.39, 0.29) is 28.4 Å². The molecule has 20 nitrogen and oxygen atoms in total. The highest BCUT2D eigenvalue weighted by molar-refractivity contribution is 5.88. The second-order valence-electron chi connectivity index (χ2n) is 12.9. The number of aromatic hydroxyl groups is 2. The third kappa shape index (κ3) is 7.39. The molecule has 3 saturated heterocycles. The van der Waals surface area contributed by atoms with Crippen LogP contribution < -0.4 is 14.9 Å². The molecule has 3 aliphatic heterocycles. The van der Waals surface area contributed by atoms with Crippen molar-refractivity contribution >= 4 is 11.0 Å². The molecule has 4 heterocycles. The van der Waals surface area contributed by atoms with Gasteiger partial charge in [0.15, 0.2) is 18.2 Å². The number of ether oxygens (including phenoxy) is 6. The Balaban J connectivity index is 1.41. The molecule has 0 spiro atoms. The van der Waals surface area contributed by atoms with Gasteiger partial charge in [-0.15, -0.1) is 0 Å². The van der Waals surface area contributed by atoms with Crippen molar-refractivity contribution in [3.05, 3.63) is 46.6 Å². The van der Waals surface area contributed by atoms with Crippen molar-refractivity contribution in [1.82, 2.24) is 0 Å². The Morgan fingerprint density at radius 1 is 0.660 bits per heavy atom. The number of rotatable bonds is 9. The van der Waals surface area contributed by atoms with Crippen molar-refractivity contribution in [1.29, 1.82) is 0 Å². The van der Waals surface area contributed by atoms with Crippen LogP contribution in [0.5, 0.6) is 23.0 Å². The van der Waals surface area contributed by atoms with Gasteiger partial charge in [0.1, 0.15) is 89.3 Å². The number of phenols is 2. The number of aliphatic hydroxyl groups excluding tert-OH is 10. The number of aliphatic hydroxyl groups is 10. The van der Waals surface area contributed by atoms with Crippen molar-refractivity contribution in [2.45, 2.75) is 99.0 Å². The zero-order valence-electron chi connectivity index (χ0n) is 27.7. The molecule has 0 radical (unpaired) electrons. The Bertz CT molecular complexity index is 1780. The Morgan fingerprint density at radius 3 is 1.89 bits per heavy atom. The monoisotopic (exact) mass is 756 g/mol. The molecule has 0 saturated carbocycles. The summed E-state index contributed by atoms with van der Waals surface area (Å²) in [6, 6.07) is 7.18. The zero-order chi connectivity index (χ0) is 38.5. The highest BCUT2D eigenvalue weighted by Gasteiger charge is 2.51. The topological polar surface area (TPSA) is 328 Å². The van der Waals surface area contributed by atoms with Gasteiger partial charge < -0.3 is 94.1 Å². The van der Waals surface area contributed by atoms with E-state index in [0.717, 1.165) is 12.1 Å². The predicted octanol–water partition coefficient (Wildman–Crippen LogP) is -3.92. The van der Waals surface area contributed by atoms with Crippen molar-refractivity contribution < 1.29 is 94.1 Å². The molecule has 3 aliphatic rings. The van der Waals surface area contributed by atoms with Crippen molar-refractivity contribution in [2.24, 2.45) is 0 Å². The van der Waals surface area contributed by atoms with Crippen LogP contribution in [0.4, 0.5) is 0 Å². The van der Waals surface area contributed by atoms with E-state index in [4.69, 9.17) is 32.8 Å². The maximum absolute atomic E-state index is 14.2. The molecule has 2 aromatic carbocycles. The Hall–Kier alpha value is -3.71. The Labute approximate surface area is 298 Å². The first kappa shape index (κ1) is 39.0. The first-order valence-corrected chi connectivity index (χ1v) is 16.4. The lowest BCUT2D eigenvalue weighted by Crippen LogP contribution is -2.64. The first-order valence-electron chi connectivity index (χ1n) is 16.4. The molecule has 0 aliphatic carbocycles. The average Bonchev–Trinajstić information content (AvgIpc) is 3.13. The second kappa shape index (κ2) is 15.6. The molecule has 3 aromatic rings. The third-order valence-electron chi connectivity index (χ3n) is 9.29. The van der Waals surface area contributed by atoms with Gasteiger partial charge in [0, 0.05) is 17.7 Å². The normalized spacial score (nSPS) is 37.8. The van der Waals surface area contributed by atoms with E-state index in [2.05, 4.69) is 0 Å². The van der Waals surface area contributed by atoms with Crippen molar-refractivity contribution in [3.8, 4) is 34.3 Å². The molecule has 1 aromatic heterocycles. The second-order valence-corrected chi connectivity index (χ2v) is 12.9. The lowest BCUT2D eigenvalue weighted by molar-refractivity contribution is -0.354. The number of hydrogen-bond acceptors (Lipinski definition) is 20. The highest BCUT2D eigenvalue weighted by atomic mass is 16.8. The summed E-state index contributed by atoms with van der Waals surface area (Å²) in [4.78, 5) is 14.2. The summed E-state index contributed by atoms with van der Waals surface area (Å²) in [6.07, 6.45) is -25.3. The molecular weight excluding hydrogens is 716 g/mol. The van der Waals surface area contributed by atoms with E-state index < -0.39 is 128 Å². The van der Waals surface area contributed by atoms with Gasteiger partial charge in [-0.05, 0) is 31.2 Å². The highest BCUT2D eigenvalue weighted by Crippen LogP contribution is 2.39. The van der Waals surface area contributed by atoms with Gasteiger partial charge in [0.25, 0.3) is 0 Å². The van der Waals surface area contributed by atoms with E-state index in [9.17, 15) is 66.1 Å². The molecule has 3 fully saturated rings. The summed E-state index contributed by atoms with van der Waals surface area (Å²) < 4.78 is 39.9. The smallest absolute Gasteiger partial charge is 0.239 e. The van der Waals surface area contributed by atoms with E-state index in [0.29, 0.717) is 0 Å². The van der Waals surface area contributed by atoms with Crippen LogP contribution in [-0.2, 0) is 18.9 Å². The minimum Gasteiger partial charge on any atom is -0.508 e. The molecule has 53 heavy (non-hydrogen) atoms. The molecular formula is C33H40O20. The van der Waals surface area contributed by atoms with E-state index in [1.54, 1.807) is 0 Å². The largest absolute Gasteiger partial charge is 0.508 e. The van der Waals surface area contributed by atoms with Crippen LogP contribution in [0.2, 0.25) is 0 Å². The van der Waals surface area contributed by atoms with E-state index in [1.807, 2.05) is 0 Å². The van der Waals surface area contributed by atoms with Crippen LogP contribution in [0.3, 0.4) is 0 Å². The maximum Gasteiger partial charge on any atom is 0.239 e. The third-order valence-corrected chi connectivity index (χ3v) is 9.29. The van der Waals surface area contributed by atoms with Crippen molar-refractivity contribution in [3.63, 3.8) is 0 Å². The zero-order valence-corrected chi connectivity index (χ0v) is 27.7. The van der Waals surface area contributed by atoms with Crippen LogP contribution in [0.1, 0.15) is 6.92 Å². The summed E-state index contributed by atoms with van der Waals surface area (Å²) in [5.41, 5.74) is -1.30. The van der Waals surface area contributed by atoms with Gasteiger partial charge in [-0.25, -0.2) is 0 Å². The van der Waals surface area contributed by atoms with Gasteiger partial charge in [-0.3, -0.25) is 4.79 Å². The van der Waals surface area contributed by atoms with Crippen LogP contribution in [-0.4, -0.2) is 167 Å². The fourth-order valence-electron chi connectivity index (χ4n) is 6.23. The standard InChI is InChI=1S/C33H40O20/c1-10-19(38)23(42)26(45)31(47-10)53-30-25(44)21(40)17(9-35)51-33(30)52-29-22(41)18-14(37)6-13(48-32-27(46)24(43)20(39)16(8-34)50-32)7-15(18)49-28(29)11-2-4-12(36)5-3-11/h2-7,10,16-17,19-21,23-27,30-40,42-46H,8-9H2,1H3/t10-,16-,17+,19-,20-,21-,23+,24-,25-,26+,27-,30+,31-,32-,33+/m0/s1. The van der Waals surface area contributed by atoms with Crippen LogP contribution in [0, 0.1) is 0 Å². The predicted molar refractivity (Wildman–Crippen MR) is 171 cm³/mol. The number of phenolic OH excluding ortho intramolecular Hbond substituents is 2. The molecule has 15 atom stereocenters. The molecule has 0 bridgehead atoms. The number of benzene rings is 2. The minimum atomic E-state index is -1.94. The number of fused-ring (bicyclic) bond motifs is 1. The lowest BCUT2D eigenvalue weighted by atomic mass is 9.97. The molecule has 0 unspecified atom stereocenters. The van der Waals surface area contributed by atoms with Crippen molar-refractivity contribution in [2.75, 3.05) is 13.2 Å². The maximum atomic E-state index is 14.2. The fraction of sp³-hybridized carbons (Fsp3) is 0.545. The summed E-state index contributed by atoms with van der Waals surface area (Å²) in [6.45, 7) is -0.235. The Kier molecular flexibility index (Phi) is 11.5. The molecule has 20 heteroatoms. The lowest BCUT2D eigenvalue weighted by Gasteiger charge is -2.45. The minimum absolute atomic E-state index is 0.0982. The van der Waals surface area contributed by atoms with Gasteiger partial charge in [0.2, 0.25) is 23.8 Å². The van der Waals surface area contributed by atoms with Gasteiger partial charge in [-0.1, -0.05) is 0 Å². The summed E-state index contributed by atoms with van der Waals surface area (Å²) in [5.74, 6) is -2.26. The molecule has 292 valence electrons. The molecule has 0 amide bonds. The van der Waals surface area contributed by atoms with Crippen LogP contribution in [0.25, 0.3) is 22.3 Å². The van der Waals surface area contributed by atoms with Gasteiger partial charge >= 0.3 is 0 Å². The quantitative estimate of drug-likeness (QED) is 0.0992. The summed E-state index contributed by atoms with van der Waals surface area (Å²) in [7, 11) is 0. The van der Waals surface area contributed by atoms with Gasteiger partial charge in [-0.2, -0.15) is 0 Å². The summed E-state index contributed by atoms with van der Waals surface area (Å²) in [5, 5.41) is 123. The van der Waals surface area contributed by atoms with Crippen LogP contribution >= 0.6 is 0 Å². The SMILES string of the molecule is C[C@@H]1O[C@@H](O[C@H]2[C@@H](Oc3c(-c4ccc(O)cc4)oc4cc(O[C@H]5O[C@@H](CO)[C@H](O)[C@H](O)[C@@H]5O)cc(O)c4c3=O)O[C@H](CO)[C@H](O)[C@@H]2O)[C@H](O)[C@H](O)[C@H]1O.